The Hall–Kier alpha value is -3.91. The van der Waals surface area contributed by atoms with Crippen molar-refractivity contribution in [2.45, 2.75) is 42.5 Å². The molecule has 0 aliphatic carbocycles. The van der Waals surface area contributed by atoms with Crippen LogP contribution in [0, 0.1) is 0 Å². The van der Waals surface area contributed by atoms with Crippen LogP contribution in [0.5, 0.6) is 11.5 Å². The van der Waals surface area contributed by atoms with Crippen molar-refractivity contribution in [1.29, 1.82) is 0 Å². The zero-order valence-corrected chi connectivity index (χ0v) is 27.0. The van der Waals surface area contributed by atoms with E-state index in [2.05, 4.69) is 35.6 Å². The lowest BCUT2D eigenvalue weighted by Gasteiger charge is -2.34. The van der Waals surface area contributed by atoms with Crippen LogP contribution in [0.4, 0.5) is 16.3 Å². The Morgan fingerprint density at radius 2 is 1.80 bits per heavy atom. The topological polar surface area (TPSA) is 138 Å². The molecule has 4 aromatic rings. The van der Waals surface area contributed by atoms with E-state index in [1.54, 1.807) is 13.2 Å². The molecule has 0 bridgehead atoms. The number of ether oxygens (including phenoxy) is 2. The van der Waals surface area contributed by atoms with Crippen molar-refractivity contribution in [2.75, 3.05) is 70.2 Å². The van der Waals surface area contributed by atoms with Crippen molar-refractivity contribution < 1.29 is 23.9 Å². The number of aliphatic hydroxyl groups excluding tert-OH is 1. The summed E-state index contributed by atoms with van der Waals surface area (Å²) >= 11 is 1.47. The number of anilines is 2. The van der Waals surface area contributed by atoms with Gasteiger partial charge in [0.1, 0.15) is 17.1 Å². The molecule has 1 saturated heterocycles. The van der Waals surface area contributed by atoms with E-state index < -0.39 is 6.03 Å². The number of nitrogens with one attached hydrogen (secondary N) is 2. The molecule has 2 aromatic heterocycles. The number of aromatic nitrogens is 3. The van der Waals surface area contributed by atoms with Gasteiger partial charge in [-0.25, -0.2) is 14.8 Å². The van der Waals surface area contributed by atoms with E-state index in [1.807, 2.05) is 57.2 Å². The maximum absolute atomic E-state index is 12.6. The zero-order chi connectivity index (χ0) is 31.8. The third-order valence-electron chi connectivity index (χ3n) is 7.44. The summed E-state index contributed by atoms with van der Waals surface area (Å²) in [4.78, 5) is 27.3. The quantitative estimate of drug-likeness (QED) is 0.142. The van der Waals surface area contributed by atoms with Crippen LogP contribution in [-0.2, 0) is 5.41 Å². The number of nitrogens with zero attached hydrogens (tertiary/aromatic N) is 5. The van der Waals surface area contributed by atoms with Crippen molar-refractivity contribution >= 4 is 40.2 Å². The first-order chi connectivity index (χ1) is 21.7. The van der Waals surface area contributed by atoms with Gasteiger partial charge in [-0.3, -0.25) is 10.2 Å². The summed E-state index contributed by atoms with van der Waals surface area (Å²) in [6.45, 7) is 12.4. The largest absolute Gasteiger partial charge is 0.493 e. The van der Waals surface area contributed by atoms with Gasteiger partial charge >= 0.3 is 6.03 Å². The molecule has 0 spiro atoms. The van der Waals surface area contributed by atoms with Crippen LogP contribution >= 0.6 is 11.8 Å². The molecular formula is C32H41N7O5S. The van der Waals surface area contributed by atoms with Crippen molar-refractivity contribution in [3.63, 3.8) is 0 Å². The average molecular weight is 636 g/mol. The van der Waals surface area contributed by atoms with Gasteiger partial charge < -0.3 is 29.3 Å². The van der Waals surface area contributed by atoms with E-state index in [0.717, 1.165) is 66.5 Å². The summed E-state index contributed by atoms with van der Waals surface area (Å²) in [6.07, 6.45) is 2.42. The van der Waals surface area contributed by atoms with Crippen LogP contribution in [0.2, 0.25) is 0 Å². The summed E-state index contributed by atoms with van der Waals surface area (Å²) in [6, 6.07) is 12.6. The summed E-state index contributed by atoms with van der Waals surface area (Å²) < 4.78 is 17.2. The molecule has 45 heavy (non-hydrogen) atoms. The van der Waals surface area contributed by atoms with Gasteiger partial charge in [0.05, 0.1) is 25.8 Å². The number of hydrogen-bond donors (Lipinski definition) is 3. The fourth-order valence-electron chi connectivity index (χ4n) is 4.96. The fraction of sp³-hybridized carbons (Fsp3) is 0.438. The Balaban J connectivity index is 1.21. The van der Waals surface area contributed by atoms with E-state index in [4.69, 9.17) is 19.1 Å². The third-order valence-corrected chi connectivity index (χ3v) is 8.45. The summed E-state index contributed by atoms with van der Waals surface area (Å²) in [7, 11) is 1.62. The molecular weight excluding hydrogens is 594 g/mol. The first-order valence-corrected chi connectivity index (χ1v) is 15.9. The number of rotatable bonds is 12. The first kappa shape index (κ1) is 32.5. The van der Waals surface area contributed by atoms with Crippen molar-refractivity contribution in [1.82, 2.24) is 24.9 Å². The molecule has 0 atom stereocenters. The second-order valence-corrected chi connectivity index (χ2v) is 12.9. The van der Waals surface area contributed by atoms with Gasteiger partial charge in [0.15, 0.2) is 17.3 Å². The number of amides is 2. The minimum Gasteiger partial charge on any atom is -0.493 e. The smallest absolute Gasteiger partial charge is 0.324 e. The van der Waals surface area contributed by atoms with Crippen LogP contribution < -0.4 is 20.1 Å². The highest BCUT2D eigenvalue weighted by atomic mass is 32.2. The third kappa shape index (κ3) is 8.85. The number of methoxy groups -OCH3 is 1. The number of β-amino-alcohol motifs (C(OH)–C–C–N with tert-alkyl or cyclic N) is 1. The van der Waals surface area contributed by atoms with Gasteiger partial charge in [-0.2, -0.15) is 0 Å². The summed E-state index contributed by atoms with van der Waals surface area (Å²) in [5.41, 5.74) is 1.15. The van der Waals surface area contributed by atoms with Crippen LogP contribution in [-0.4, -0.2) is 95.7 Å². The number of carbonyl (C=O) groups excluding carboxylic acids is 1. The number of benzene rings is 2. The molecule has 5 rings (SSSR count). The van der Waals surface area contributed by atoms with E-state index in [0.29, 0.717) is 35.4 Å². The van der Waals surface area contributed by atoms with Gasteiger partial charge in [-0.1, -0.05) is 43.8 Å². The normalized spacial score (nSPS) is 14.4. The van der Waals surface area contributed by atoms with Gasteiger partial charge in [0.25, 0.3) is 0 Å². The van der Waals surface area contributed by atoms with Gasteiger partial charge in [0, 0.05) is 72.8 Å². The Morgan fingerprint density at radius 3 is 2.51 bits per heavy atom. The van der Waals surface area contributed by atoms with Crippen LogP contribution in [0.1, 0.15) is 33.0 Å². The van der Waals surface area contributed by atoms with Crippen molar-refractivity contribution in [3.05, 3.63) is 54.6 Å². The van der Waals surface area contributed by atoms with Crippen LogP contribution in [0.15, 0.2) is 63.2 Å². The maximum atomic E-state index is 12.6. The van der Waals surface area contributed by atoms with E-state index in [1.165, 1.54) is 18.1 Å². The second kappa shape index (κ2) is 14.9. The monoisotopic (exact) mass is 635 g/mol. The molecule has 1 aliphatic rings. The molecule has 12 nitrogen and oxygen atoms in total. The molecule has 2 aromatic carbocycles. The molecule has 0 saturated carbocycles. The van der Waals surface area contributed by atoms with E-state index >= 15 is 0 Å². The zero-order valence-electron chi connectivity index (χ0n) is 26.2. The number of urea groups is 1. The Labute approximate surface area is 267 Å². The Bertz CT molecular complexity index is 1580. The van der Waals surface area contributed by atoms with Crippen LogP contribution in [0.3, 0.4) is 0 Å². The molecule has 240 valence electrons. The van der Waals surface area contributed by atoms with E-state index in [-0.39, 0.29) is 12.0 Å². The van der Waals surface area contributed by atoms with Crippen molar-refractivity contribution in [3.8, 4) is 11.5 Å². The number of fused-ring (bicyclic) bond motifs is 1. The number of piperazine rings is 1. The highest BCUT2D eigenvalue weighted by Gasteiger charge is 2.21. The summed E-state index contributed by atoms with van der Waals surface area (Å²) in [5.74, 6) is 2.29. The predicted molar refractivity (Wildman–Crippen MR) is 175 cm³/mol. The number of carbonyl (C=O) groups is 1. The van der Waals surface area contributed by atoms with Crippen LogP contribution in [0.25, 0.3) is 10.9 Å². The Morgan fingerprint density at radius 1 is 1.02 bits per heavy atom. The Kier molecular flexibility index (Phi) is 10.8. The number of aliphatic hydroxyl groups is 1. The van der Waals surface area contributed by atoms with Crippen molar-refractivity contribution in [2.24, 2.45) is 0 Å². The molecule has 1 aliphatic heterocycles. The highest BCUT2D eigenvalue weighted by Crippen LogP contribution is 2.38. The average Bonchev–Trinajstić information content (AvgIpc) is 3.49. The predicted octanol–water partition coefficient (Wildman–Crippen LogP) is 5.10. The molecule has 2 amide bonds. The highest BCUT2D eigenvalue weighted by molar-refractivity contribution is 7.99. The minimum atomic E-state index is -0.420. The molecule has 13 heteroatoms. The molecule has 3 N–H and O–H groups in total. The fourth-order valence-corrected chi connectivity index (χ4v) is 5.89. The molecule has 3 heterocycles. The maximum Gasteiger partial charge on any atom is 0.324 e. The lowest BCUT2D eigenvalue weighted by molar-refractivity contribution is 0.108. The van der Waals surface area contributed by atoms with Gasteiger partial charge in [-0.05, 0) is 30.7 Å². The van der Waals surface area contributed by atoms with Gasteiger partial charge in [0.2, 0.25) is 0 Å². The number of hydrogen-bond acceptors (Lipinski definition) is 11. The minimum absolute atomic E-state index is 0.208. The summed E-state index contributed by atoms with van der Waals surface area (Å²) in [5, 5.41) is 20.3. The molecule has 0 unspecified atom stereocenters. The van der Waals surface area contributed by atoms with E-state index in [9.17, 15) is 4.79 Å². The SMILES string of the molecule is COc1cc2ncnc(Sc3cccc(NC(=O)Nc4cc(C(C)(C)C)on4)c3)c2cc1OCCCN1CCN(CCO)CC1. The second-order valence-electron chi connectivity index (χ2n) is 11.8. The molecule has 1 fully saturated rings. The lowest BCUT2D eigenvalue weighted by Crippen LogP contribution is -2.47. The molecule has 0 radical (unpaired) electrons. The lowest BCUT2D eigenvalue weighted by atomic mass is 9.93. The standard InChI is InChI=1S/C32H41N7O5S/c1-32(2,3)28-20-29(37-44-28)36-31(41)35-22-7-5-8-23(17-22)45-30-24-18-27(26(42-4)19-25(24)33-21-34-30)43-16-6-9-38-10-12-39(13-11-38)14-15-40/h5,7-8,17-21,40H,6,9-16H2,1-4H3,(H2,35,36,37,41). The van der Waals surface area contributed by atoms with Gasteiger partial charge in [-0.15, -0.1) is 0 Å². The first-order valence-electron chi connectivity index (χ1n) is 15.1.